The van der Waals surface area contributed by atoms with E-state index in [4.69, 9.17) is 4.84 Å². The number of ketones is 2. The molecule has 0 amide bonds. The summed E-state index contributed by atoms with van der Waals surface area (Å²) in [7, 11) is 0. The highest BCUT2D eigenvalue weighted by atomic mass is 16.7. The lowest BCUT2D eigenvalue weighted by Crippen LogP contribution is -2.33. The van der Waals surface area contributed by atoms with Gasteiger partial charge in [-0.05, 0) is 51.5 Å². The highest BCUT2D eigenvalue weighted by molar-refractivity contribution is 6.49. The second-order valence-electron chi connectivity index (χ2n) is 8.08. The van der Waals surface area contributed by atoms with Crippen LogP contribution in [-0.4, -0.2) is 37.8 Å². The summed E-state index contributed by atoms with van der Waals surface area (Å²) in [6.45, 7) is 7.22. The minimum absolute atomic E-state index is 0.0619. The molecule has 0 atom stereocenters. The first-order valence-electron chi connectivity index (χ1n) is 9.94. The van der Waals surface area contributed by atoms with Gasteiger partial charge in [-0.15, -0.1) is 0 Å². The summed E-state index contributed by atoms with van der Waals surface area (Å²) in [6, 6.07) is 9.19. The number of hydrogen-bond acceptors (Lipinski definition) is 7. The number of Topliss-reactive ketones (excluding diaryl/α,β-unsaturated/α-hetero) is 2. The molecule has 156 valence electrons. The van der Waals surface area contributed by atoms with Crippen molar-refractivity contribution in [3.8, 4) is 11.3 Å². The zero-order valence-electron chi connectivity index (χ0n) is 17.8. The van der Waals surface area contributed by atoms with Crippen molar-refractivity contribution in [3.05, 3.63) is 77.0 Å². The van der Waals surface area contributed by atoms with E-state index in [1.54, 1.807) is 38.5 Å². The van der Waals surface area contributed by atoms with Crippen molar-refractivity contribution in [1.82, 2.24) is 15.0 Å². The van der Waals surface area contributed by atoms with Gasteiger partial charge < -0.3 is 4.84 Å². The first-order valence-corrected chi connectivity index (χ1v) is 9.94. The van der Waals surface area contributed by atoms with Crippen LogP contribution in [-0.2, 0) is 16.1 Å². The number of aromatic nitrogens is 3. The van der Waals surface area contributed by atoms with Crippen LogP contribution in [0.15, 0.2) is 54.1 Å². The number of pyridine rings is 1. The molecule has 0 fully saturated rings. The molecule has 0 bridgehead atoms. The third-order valence-corrected chi connectivity index (χ3v) is 5.19. The highest BCUT2D eigenvalue weighted by Gasteiger charge is 2.40. The second-order valence-corrected chi connectivity index (χ2v) is 8.08. The topological polar surface area (TPSA) is 94.4 Å². The zero-order chi connectivity index (χ0) is 22.2. The van der Waals surface area contributed by atoms with E-state index < -0.39 is 5.60 Å². The Bertz CT molecular complexity index is 1200. The number of rotatable bonds is 5. The highest BCUT2D eigenvalue weighted by Crippen LogP contribution is 2.27. The van der Waals surface area contributed by atoms with Gasteiger partial charge >= 0.3 is 0 Å². The van der Waals surface area contributed by atoms with Crippen LogP contribution in [0.4, 0.5) is 0 Å². The summed E-state index contributed by atoms with van der Waals surface area (Å²) in [6.07, 6.45) is 4.97. The van der Waals surface area contributed by atoms with Crippen molar-refractivity contribution in [3.63, 3.8) is 0 Å². The zero-order valence-corrected chi connectivity index (χ0v) is 17.8. The molecular formula is C24H22N4O3. The molecule has 7 heteroatoms. The maximum Gasteiger partial charge on any atom is 0.230 e. The quantitative estimate of drug-likeness (QED) is 0.592. The predicted octanol–water partition coefficient (Wildman–Crippen LogP) is 3.66. The maximum absolute atomic E-state index is 12.5. The molecule has 4 rings (SSSR count). The third-order valence-electron chi connectivity index (χ3n) is 5.19. The van der Waals surface area contributed by atoms with Crippen molar-refractivity contribution in [1.29, 1.82) is 0 Å². The Balaban J connectivity index is 1.56. The van der Waals surface area contributed by atoms with Crippen LogP contribution in [0.1, 0.15) is 46.7 Å². The van der Waals surface area contributed by atoms with Crippen LogP contribution >= 0.6 is 0 Å². The van der Waals surface area contributed by atoms with Gasteiger partial charge in [0.2, 0.25) is 5.78 Å². The first kappa shape index (κ1) is 20.5. The number of oxime groups is 1. The summed E-state index contributed by atoms with van der Waals surface area (Å²) in [5.74, 6) is -0.221. The van der Waals surface area contributed by atoms with Crippen LogP contribution in [0, 0.1) is 13.8 Å². The number of carbonyl (C=O) groups excluding carboxylic acids is 2. The molecule has 0 saturated carbocycles. The molecule has 0 aliphatic carbocycles. The minimum atomic E-state index is -0.957. The van der Waals surface area contributed by atoms with E-state index in [1.165, 1.54) is 0 Å². The molecule has 1 aliphatic rings. The van der Waals surface area contributed by atoms with Crippen LogP contribution in [0.2, 0.25) is 0 Å². The molecule has 0 spiro atoms. The SMILES string of the molecule is Cc1ccc(C(=O)Cc2cnc(-c3cc(C4=NOC(C)(C)C4=O)ccc3C)cn2)cn1. The molecule has 31 heavy (non-hydrogen) atoms. The lowest BCUT2D eigenvalue weighted by molar-refractivity contribution is -0.128. The van der Waals surface area contributed by atoms with Crippen molar-refractivity contribution in [2.75, 3.05) is 0 Å². The molecule has 3 aromatic rings. The lowest BCUT2D eigenvalue weighted by atomic mass is 9.93. The Morgan fingerprint density at radius 3 is 2.42 bits per heavy atom. The summed E-state index contributed by atoms with van der Waals surface area (Å²) in [5.41, 5.74) is 4.47. The number of carbonyl (C=O) groups is 2. The second kappa shape index (κ2) is 7.83. The molecular weight excluding hydrogens is 392 g/mol. The van der Waals surface area contributed by atoms with E-state index in [-0.39, 0.29) is 18.0 Å². The van der Waals surface area contributed by atoms with Crippen molar-refractivity contribution in [2.45, 2.75) is 39.7 Å². The van der Waals surface area contributed by atoms with E-state index in [0.29, 0.717) is 28.2 Å². The van der Waals surface area contributed by atoms with Crippen molar-refractivity contribution in [2.24, 2.45) is 5.16 Å². The van der Waals surface area contributed by atoms with Gasteiger partial charge in [-0.3, -0.25) is 24.5 Å². The maximum atomic E-state index is 12.5. The summed E-state index contributed by atoms with van der Waals surface area (Å²) >= 11 is 0. The molecule has 0 radical (unpaired) electrons. The summed E-state index contributed by atoms with van der Waals surface area (Å²) < 4.78 is 0. The van der Waals surface area contributed by atoms with Gasteiger partial charge in [0.05, 0.1) is 24.0 Å². The normalized spacial score (nSPS) is 14.8. The van der Waals surface area contributed by atoms with Gasteiger partial charge in [-0.1, -0.05) is 17.3 Å². The largest absolute Gasteiger partial charge is 0.381 e. The number of aryl methyl sites for hydroxylation is 2. The summed E-state index contributed by atoms with van der Waals surface area (Å²) in [4.78, 5) is 43.3. The van der Waals surface area contributed by atoms with Gasteiger partial charge in [0, 0.05) is 34.8 Å². The fourth-order valence-electron chi connectivity index (χ4n) is 3.24. The van der Waals surface area contributed by atoms with Gasteiger partial charge in [0.15, 0.2) is 17.1 Å². The Kier molecular flexibility index (Phi) is 5.19. The van der Waals surface area contributed by atoms with E-state index in [0.717, 1.165) is 16.8 Å². The van der Waals surface area contributed by atoms with Crippen LogP contribution < -0.4 is 0 Å². The standard InChI is InChI=1S/C24H22N4O3/c1-14-5-7-16(22-23(30)24(3,4)31-28-22)9-19(14)20-13-26-18(12-27-20)10-21(29)17-8-6-15(2)25-11-17/h5-9,11-13H,10H2,1-4H3. The van der Waals surface area contributed by atoms with E-state index >= 15 is 0 Å². The molecule has 0 saturated heterocycles. The first-order chi connectivity index (χ1) is 14.7. The molecule has 7 nitrogen and oxygen atoms in total. The van der Waals surface area contributed by atoms with Crippen molar-refractivity contribution >= 4 is 17.3 Å². The number of nitrogens with zero attached hydrogens (tertiary/aromatic N) is 4. The van der Waals surface area contributed by atoms with Gasteiger partial charge in [0.25, 0.3) is 0 Å². The van der Waals surface area contributed by atoms with Gasteiger partial charge in [-0.2, -0.15) is 0 Å². The predicted molar refractivity (Wildman–Crippen MR) is 116 cm³/mol. The van der Waals surface area contributed by atoms with Gasteiger partial charge in [0.1, 0.15) is 0 Å². The van der Waals surface area contributed by atoms with Crippen LogP contribution in [0.5, 0.6) is 0 Å². The van der Waals surface area contributed by atoms with Crippen LogP contribution in [0.3, 0.4) is 0 Å². The number of benzene rings is 1. The van der Waals surface area contributed by atoms with E-state index in [1.807, 2.05) is 38.1 Å². The minimum Gasteiger partial charge on any atom is -0.381 e. The molecule has 3 heterocycles. The van der Waals surface area contributed by atoms with Gasteiger partial charge in [-0.25, -0.2) is 0 Å². The van der Waals surface area contributed by atoms with E-state index in [9.17, 15) is 9.59 Å². The number of hydrogen-bond donors (Lipinski definition) is 0. The molecule has 1 aromatic carbocycles. The fourth-order valence-corrected chi connectivity index (χ4v) is 3.24. The van der Waals surface area contributed by atoms with Crippen LogP contribution in [0.25, 0.3) is 11.3 Å². The third kappa shape index (κ3) is 4.12. The fraction of sp³-hybridized carbons (Fsp3) is 0.250. The average Bonchev–Trinajstić information content (AvgIpc) is 3.02. The van der Waals surface area contributed by atoms with E-state index in [2.05, 4.69) is 20.1 Å². The molecule has 0 unspecified atom stereocenters. The Labute approximate surface area is 180 Å². The molecule has 0 N–H and O–H groups in total. The van der Waals surface area contributed by atoms with Crippen molar-refractivity contribution < 1.29 is 14.4 Å². The smallest absolute Gasteiger partial charge is 0.230 e. The average molecular weight is 414 g/mol. The molecule has 2 aromatic heterocycles. The Hall–Kier alpha value is -3.74. The lowest BCUT2D eigenvalue weighted by Gasteiger charge is -2.12. The Morgan fingerprint density at radius 2 is 1.81 bits per heavy atom. The Morgan fingerprint density at radius 1 is 1.00 bits per heavy atom. The summed E-state index contributed by atoms with van der Waals surface area (Å²) in [5, 5.41) is 3.97. The molecule has 1 aliphatic heterocycles. The monoisotopic (exact) mass is 414 g/mol.